The third-order valence-electron chi connectivity index (χ3n) is 3.59. The molecule has 0 bridgehead atoms. The van der Waals surface area contributed by atoms with Gasteiger partial charge in [-0.05, 0) is 64.9 Å². The number of benzene rings is 2. The van der Waals surface area contributed by atoms with Crippen molar-refractivity contribution in [2.45, 2.75) is 13.5 Å². The van der Waals surface area contributed by atoms with Gasteiger partial charge < -0.3 is 10.1 Å². The van der Waals surface area contributed by atoms with Crippen molar-refractivity contribution in [2.24, 2.45) is 0 Å². The lowest BCUT2D eigenvalue weighted by molar-refractivity contribution is -0.111. The van der Waals surface area contributed by atoms with Crippen LogP contribution in [0.3, 0.4) is 0 Å². The molecule has 0 aliphatic rings. The second kappa shape index (κ2) is 8.17. The highest BCUT2D eigenvalue weighted by molar-refractivity contribution is 6.02. The first-order chi connectivity index (χ1) is 13.0. The minimum Gasteiger partial charge on any atom is -0.435 e. The number of amides is 1. The summed E-state index contributed by atoms with van der Waals surface area (Å²) in [5.74, 6) is -0.262. The molecule has 1 N–H and O–H groups in total. The summed E-state index contributed by atoms with van der Waals surface area (Å²) in [6.07, 6.45) is 4.41. The Bertz CT molecular complexity index is 941. The fraction of sp³-hybridized carbons (Fsp3) is 0.111. The lowest BCUT2D eigenvalue weighted by Crippen LogP contribution is -2.08. The number of anilines is 1. The van der Waals surface area contributed by atoms with Gasteiger partial charge in [-0.25, -0.2) is 4.68 Å². The molecule has 3 rings (SSSR count). The molecule has 1 aromatic heterocycles. The first-order valence-electron chi connectivity index (χ1n) is 7.89. The number of aromatic nitrogens is 4. The summed E-state index contributed by atoms with van der Waals surface area (Å²) in [6, 6.07) is 11.3. The molecule has 1 heterocycles. The van der Waals surface area contributed by atoms with Crippen molar-refractivity contribution in [3.63, 3.8) is 0 Å². The van der Waals surface area contributed by atoms with Crippen LogP contribution in [0.25, 0.3) is 11.8 Å². The first kappa shape index (κ1) is 18.2. The summed E-state index contributed by atoms with van der Waals surface area (Å²) in [7, 11) is 0. The average molecular weight is 371 g/mol. The SMILES string of the molecule is Cc1cc(NC(=O)/C=C/c2ccc(OC(F)F)cc2)ccc1-n1cnnn1. The number of aryl methyl sites for hydroxylation is 1. The molecular weight excluding hydrogens is 356 g/mol. The van der Waals surface area contributed by atoms with E-state index < -0.39 is 6.61 Å². The number of hydrogen-bond acceptors (Lipinski definition) is 5. The molecule has 0 saturated heterocycles. The standard InChI is InChI=1S/C18H15F2N5O2/c1-12-10-14(5-8-16(12)25-11-21-23-24-25)22-17(26)9-4-13-2-6-15(7-3-13)27-18(19)20/h2-11,18H,1H3,(H,22,26)/b9-4+. The minimum absolute atomic E-state index is 0.0600. The molecule has 0 atom stereocenters. The number of carbonyl (C=O) groups excluding carboxylic acids is 1. The van der Waals surface area contributed by atoms with Crippen LogP contribution in [-0.2, 0) is 4.79 Å². The summed E-state index contributed by atoms with van der Waals surface area (Å²) in [5, 5.41) is 13.8. The second-order valence-corrected chi connectivity index (χ2v) is 5.53. The van der Waals surface area contributed by atoms with E-state index in [0.29, 0.717) is 11.3 Å². The van der Waals surface area contributed by atoms with Crippen LogP contribution in [0.2, 0.25) is 0 Å². The number of carbonyl (C=O) groups is 1. The van der Waals surface area contributed by atoms with E-state index in [-0.39, 0.29) is 11.7 Å². The van der Waals surface area contributed by atoms with Gasteiger partial charge in [-0.3, -0.25) is 4.79 Å². The molecule has 9 heteroatoms. The van der Waals surface area contributed by atoms with E-state index in [2.05, 4.69) is 25.6 Å². The fourth-order valence-electron chi connectivity index (χ4n) is 2.38. The average Bonchev–Trinajstić information content (AvgIpc) is 3.15. The van der Waals surface area contributed by atoms with Gasteiger partial charge >= 0.3 is 6.61 Å². The molecule has 0 spiro atoms. The largest absolute Gasteiger partial charge is 0.435 e. The Labute approximate surface area is 153 Å². The van der Waals surface area contributed by atoms with Crippen LogP contribution in [0.1, 0.15) is 11.1 Å². The van der Waals surface area contributed by atoms with Gasteiger partial charge in [0.15, 0.2) is 0 Å². The Hall–Kier alpha value is -3.62. The maximum Gasteiger partial charge on any atom is 0.387 e. The molecule has 3 aromatic rings. The lowest BCUT2D eigenvalue weighted by atomic mass is 10.1. The van der Waals surface area contributed by atoms with Crippen LogP contribution in [0.5, 0.6) is 5.75 Å². The van der Waals surface area contributed by atoms with Gasteiger partial charge in [0.1, 0.15) is 12.1 Å². The van der Waals surface area contributed by atoms with Crippen molar-refractivity contribution in [3.8, 4) is 11.4 Å². The summed E-state index contributed by atoms with van der Waals surface area (Å²) in [6.45, 7) is -0.987. The van der Waals surface area contributed by atoms with Gasteiger partial charge in [-0.1, -0.05) is 12.1 Å². The predicted molar refractivity (Wildman–Crippen MR) is 94.6 cm³/mol. The molecular formula is C18H15F2N5O2. The van der Waals surface area contributed by atoms with E-state index >= 15 is 0 Å². The van der Waals surface area contributed by atoms with Crippen LogP contribution < -0.4 is 10.1 Å². The Morgan fingerprint density at radius 2 is 2.00 bits per heavy atom. The van der Waals surface area contributed by atoms with Gasteiger partial charge in [0, 0.05) is 11.8 Å². The number of hydrogen-bond donors (Lipinski definition) is 1. The van der Waals surface area contributed by atoms with E-state index in [1.807, 2.05) is 6.92 Å². The molecule has 0 aliphatic heterocycles. The molecule has 138 valence electrons. The van der Waals surface area contributed by atoms with Crippen molar-refractivity contribution in [2.75, 3.05) is 5.32 Å². The van der Waals surface area contributed by atoms with Crippen molar-refractivity contribution in [1.29, 1.82) is 0 Å². The van der Waals surface area contributed by atoms with E-state index in [0.717, 1.165) is 11.3 Å². The van der Waals surface area contributed by atoms with Gasteiger partial charge in [-0.2, -0.15) is 8.78 Å². The highest BCUT2D eigenvalue weighted by atomic mass is 19.3. The van der Waals surface area contributed by atoms with Crippen LogP contribution in [-0.4, -0.2) is 32.7 Å². The molecule has 7 nitrogen and oxygen atoms in total. The molecule has 1 amide bonds. The zero-order valence-corrected chi connectivity index (χ0v) is 14.2. The highest BCUT2D eigenvalue weighted by Crippen LogP contribution is 2.18. The molecule has 0 saturated carbocycles. The number of ether oxygens (including phenoxy) is 1. The fourth-order valence-corrected chi connectivity index (χ4v) is 2.38. The number of nitrogens with zero attached hydrogens (tertiary/aromatic N) is 4. The van der Waals surface area contributed by atoms with Gasteiger partial charge in [0.25, 0.3) is 0 Å². The monoisotopic (exact) mass is 371 g/mol. The number of tetrazole rings is 1. The van der Waals surface area contributed by atoms with Gasteiger partial charge in [0.05, 0.1) is 5.69 Å². The molecule has 0 fully saturated rings. The quantitative estimate of drug-likeness (QED) is 0.673. The lowest BCUT2D eigenvalue weighted by Gasteiger charge is -2.08. The number of alkyl halides is 2. The summed E-state index contributed by atoms with van der Waals surface area (Å²) < 4.78 is 30.0. The maximum atomic E-state index is 12.1. The van der Waals surface area contributed by atoms with Crippen molar-refractivity contribution in [3.05, 3.63) is 66.0 Å². The van der Waals surface area contributed by atoms with E-state index in [1.165, 1.54) is 29.2 Å². The molecule has 0 aliphatic carbocycles. The number of rotatable bonds is 6. The zero-order chi connectivity index (χ0) is 19.2. The number of halogens is 2. The van der Waals surface area contributed by atoms with Gasteiger partial charge in [0.2, 0.25) is 5.91 Å². The Kier molecular flexibility index (Phi) is 5.50. The smallest absolute Gasteiger partial charge is 0.387 e. The van der Waals surface area contributed by atoms with E-state index in [4.69, 9.17) is 0 Å². The first-order valence-corrected chi connectivity index (χ1v) is 7.89. The Morgan fingerprint density at radius 1 is 1.22 bits per heavy atom. The highest BCUT2D eigenvalue weighted by Gasteiger charge is 2.06. The summed E-state index contributed by atoms with van der Waals surface area (Å²) in [4.78, 5) is 12.1. The minimum atomic E-state index is -2.87. The van der Waals surface area contributed by atoms with E-state index in [1.54, 1.807) is 36.4 Å². The Balaban J connectivity index is 1.62. The maximum absolute atomic E-state index is 12.1. The summed E-state index contributed by atoms with van der Waals surface area (Å²) in [5.41, 5.74) is 3.00. The molecule has 2 aromatic carbocycles. The second-order valence-electron chi connectivity index (χ2n) is 5.53. The van der Waals surface area contributed by atoms with Crippen LogP contribution in [0, 0.1) is 6.92 Å². The predicted octanol–water partition coefficient (Wildman–Crippen LogP) is 3.22. The van der Waals surface area contributed by atoms with Crippen LogP contribution in [0.15, 0.2) is 54.9 Å². The Morgan fingerprint density at radius 3 is 2.63 bits per heavy atom. The van der Waals surface area contributed by atoms with Crippen molar-refractivity contribution < 1.29 is 18.3 Å². The third kappa shape index (κ3) is 4.94. The molecule has 0 radical (unpaired) electrons. The third-order valence-corrected chi connectivity index (χ3v) is 3.59. The topological polar surface area (TPSA) is 81.9 Å². The van der Waals surface area contributed by atoms with Crippen LogP contribution in [0.4, 0.5) is 14.5 Å². The molecule has 0 unspecified atom stereocenters. The van der Waals surface area contributed by atoms with E-state index in [9.17, 15) is 13.6 Å². The van der Waals surface area contributed by atoms with Crippen LogP contribution >= 0.6 is 0 Å². The van der Waals surface area contributed by atoms with Crippen molar-refractivity contribution >= 4 is 17.7 Å². The van der Waals surface area contributed by atoms with Crippen molar-refractivity contribution in [1.82, 2.24) is 20.2 Å². The number of nitrogens with one attached hydrogen (secondary N) is 1. The normalized spacial score (nSPS) is 11.1. The van der Waals surface area contributed by atoms with Gasteiger partial charge in [-0.15, -0.1) is 5.10 Å². The molecule has 27 heavy (non-hydrogen) atoms. The zero-order valence-electron chi connectivity index (χ0n) is 14.2. The summed E-state index contributed by atoms with van der Waals surface area (Å²) >= 11 is 0.